The lowest BCUT2D eigenvalue weighted by atomic mass is 10.4. The van der Waals surface area contributed by atoms with Gasteiger partial charge in [0.25, 0.3) is 0 Å². The highest BCUT2D eigenvalue weighted by molar-refractivity contribution is 4.97. The minimum absolute atomic E-state index is 0.778. The normalized spacial score (nSPS) is 10.7. The summed E-state index contributed by atoms with van der Waals surface area (Å²) in [5.74, 6) is 0.988. The van der Waals surface area contributed by atoms with Crippen LogP contribution in [0.5, 0.6) is 0 Å². The molecule has 0 bridgehead atoms. The summed E-state index contributed by atoms with van der Waals surface area (Å²) in [6, 6.07) is 3.88. The molecule has 0 fully saturated rings. The molecular formula is C11H20N2O2. The topological polar surface area (TPSA) is 46.4 Å². The third kappa shape index (κ3) is 6.28. The minimum Gasteiger partial charge on any atom is -0.468 e. The van der Waals surface area contributed by atoms with Crippen molar-refractivity contribution in [3.63, 3.8) is 0 Å². The second kappa shape index (κ2) is 8.47. The predicted octanol–water partition coefficient (Wildman–Crippen LogP) is 0.995. The van der Waals surface area contributed by atoms with E-state index >= 15 is 0 Å². The summed E-state index contributed by atoms with van der Waals surface area (Å²) < 4.78 is 10.1. The fourth-order valence-electron chi connectivity index (χ4n) is 1.26. The van der Waals surface area contributed by atoms with Crippen molar-refractivity contribution in [1.29, 1.82) is 0 Å². The van der Waals surface area contributed by atoms with Crippen LogP contribution in [0.25, 0.3) is 0 Å². The highest BCUT2D eigenvalue weighted by Crippen LogP contribution is 1.97. The first-order valence-corrected chi connectivity index (χ1v) is 5.36. The quantitative estimate of drug-likeness (QED) is 0.599. The first kappa shape index (κ1) is 12.2. The molecule has 2 N–H and O–H groups in total. The molecule has 15 heavy (non-hydrogen) atoms. The smallest absolute Gasteiger partial charge is 0.117 e. The van der Waals surface area contributed by atoms with E-state index in [0.717, 1.165) is 45.0 Å². The van der Waals surface area contributed by atoms with Gasteiger partial charge in [-0.3, -0.25) is 0 Å². The van der Waals surface area contributed by atoms with Gasteiger partial charge in [-0.15, -0.1) is 0 Å². The van der Waals surface area contributed by atoms with E-state index in [1.807, 2.05) is 12.1 Å². The molecule has 86 valence electrons. The monoisotopic (exact) mass is 212 g/mol. The maximum Gasteiger partial charge on any atom is 0.117 e. The zero-order chi connectivity index (χ0) is 10.8. The van der Waals surface area contributed by atoms with Gasteiger partial charge < -0.3 is 19.8 Å². The molecule has 0 unspecified atom stereocenters. The highest BCUT2D eigenvalue weighted by atomic mass is 16.5. The Morgan fingerprint density at radius 3 is 2.87 bits per heavy atom. The molecule has 0 atom stereocenters. The van der Waals surface area contributed by atoms with Gasteiger partial charge in [-0.2, -0.15) is 0 Å². The van der Waals surface area contributed by atoms with E-state index in [2.05, 4.69) is 10.6 Å². The average molecular weight is 212 g/mol. The summed E-state index contributed by atoms with van der Waals surface area (Å²) in [6.07, 6.45) is 2.81. The predicted molar refractivity (Wildman–Crippen MR) is 59.8 cm³/mol. The van der Waals surface area contributed by atoms with E-state index < -0.39 is 0 Å². The van der Waals surface area contributed by atoms with Crippen LogP contribution in [0.2, 0.25) is 0 Å². The Balaban J connectivity index is 1.81. The third-order valence-electron chi connectivity index (χ3n) is 2.07. The molecule has 0 aliphatic carbocycles. The molecule has 0 aliphatic rings. The average Bonchev–Trinajstić information content (AvgIpc) is 2.75. The lowest BCUT2D eigenvalue weighted by Crippen LogP contribution is -2.24. The van der Waals surface area contributed by atoms with Crippen LogP contribution in [0, 0.1) is 0 Å². The lowest BCUT2D eigenvalue weighted by molar-refractivity contribution is 0.199. The van der Waals surface area contributed by atoms with Gasteiger partial charge in [-0.1, -0.05) is 0 Å². The van der Waals surface area contributed by atoms with Gasteiger partial charge in [0.05, 0.1) is 19.4 Å². The van der Waals surface area contributed by atoms with Crippen molar-refractivity contribution >= 4 is 0 Å². The maximum absolute atomic E-state index is 5.20. The van der Waals surface area contributed by atoms with Crippen molar-refractivity contribution in [3.05, 3.63) is 24.2 Å². The molecule has 0 aromatic carbocycles. The molecule has 4 heteroatoms. The SMILES string of the molecule is COCCNCCCNCc1ccco1. The van der Waals surface area contributed by atoms with E-state index in [9.17, 15) is 0 Å². The minimum atomic E-state index is 0.778. The molecule has 1 aromatic rings. The Bertz CT molecular complexity index is 225. The lowest BCUT2D eigenvalue weighted by Gasteiger charge is -2.04. The van der Waals surface area contributed by atoms with Crippen molar-refractivity contribution in [1.82, 2.24) is 10.6 Å². The fourth-order valence-corrected chi connectivity index (χ4v) is 1.26. The van der Waals surface area contributed by atoms with Crippen LogP contribution in [0.1, 0.15) is 12.2 Å². The van der Waals surface area contributed by atoms with Gasteiger partial charge in [0.2, 0.25) is 0 Å². The van der Waals surface area contributed by atoms with Crippen molar-refractivity contribution in [3.8, 4) is 0 Å². The molecule has 0 aliphatic heterocycles. The van der Waals surface area contributed by atoms with E-state index in [-0.39, 0.29) is 0 Å². The molecule has 0 saturated carbocycles. The van der Waals surface area contributed by atoms with Gasteiger partial charge in [-0.05, 0) is 31.6 Å². The summed E-state index contributed by atoms with van der Waals surface area (Å²) in [5.41, 5.74) is 0. The Morgan fingerprint density at radius 1 is 1.27 bits per heavy atom. The zero-order valence-corrected chi connectivity index (χ0v) is 9.29. The van der Waals surface area contributed by atoms with Crippen molar-refractivity contribution in [2.24, 2.45) is 0 Å². The van der Waals surface area contributed by atoms with Crippen molar-refractivity contribution in [2.75, 3.05) is 33.4 Å². The molecule has 4 nitrogen and oxygen atoms in total. The molecular weight excluding hydrogens is 192 g/mol. The van der Waals surface area contributed by atoms with Gasteiger partial charge in [0.1, 0.15) is 5.76 Å². The number of furan rings is 1. The third-order valence-corrected chi connectivity index (χ3v) is 2.07. The van der Waals surface area contributed by atoms with Crippen LogP contribution in [-0.2, 0) is 11.3 Å². The van der Waals surface area contributed by atoms with Crippen LogP contribution in [-0.4, -0.2) is 33.4 Å². The van der Waals surface area contributed by atoms with Gasteiger partial charge in [-0.25, -0.2) is 0 Å². The van der Waals surface area contributed by atoms with Crippen LogP contribution in [0.3, 0.4) is 0 Å². The summed E-state index contributed by atoms with van der Waals surface area (Å²) in [5, 5.41) is 6.61. The standard InChI is InChI=1S/C11H20N2O2/c1-14-9-7-12-5-3-6-13-10-11-4-2-8-15-11/h2,4,8,12-13H,3,5-7,9-10H2,1H3. The van der Waals surface area contributed by atoms with Gasteiger partial charge in [0, 0.05) is 13.7 Å². The van der Waals surface area contributed by atoms with E-state index in [1.165, 1.54) is 0 Å². The van der Waals surface area contributed by atoms with Crippen LogP contribution in [0.4, 0.5) is 0 Å². The fraction of sp³-hybridized carbons (Fsp3) is 0.636. The molecule has 0 radical (unpaired) electrons. The summed E-state index contributed by atoms with van der Waals surface area (Å²) in [6.45, 7) is 4.54. The zero-order valence-electron chi connectivity index (χ0n) is 9.29. The molecule has 1 aromatic heterocycles. The first-order valence-electron chi connectivity index (χ1n) is 5.36. The molecule has 1 heterocycles. The van der Waals surface area contributed by atoms with Gasteiger partial charge >= 0.3 is 0 Å². The molecule has 0 spiro atoms. The Morgan fingerprint density at radius 2 is 2.13 bits per heavy atom. The number of rotatable bonds is 9. The number of hydrogen-bond acceptors (Lipinski definition) is 4. The summed E-state index contributed by atoms with van der Waals surface area (Å²) in [4.78, 5) is 0. The Kier molecular flexibility index (Phi) is 6.90. The second-order valence-electron chi connectivity index (χ2n) is 3.35. The van der Waals surface area contributed by atoms with Gasteiger partial charge in [0.15, 0.2) is 0 Å². The van der Waals surface area contributed by atoms with E-state index in [1.54, 1.807) is 13.4 Å². The van der Waals surface area contributed by atoms with Crippen molar-refractivity contribution < 1.29 is 9.15 Å². The van der Waals surface area contributed by atoms with Crippen molar-refractivity contribution in [2.45, 2.75) is 13.0 Å². The van der Waals surface area contributed by atoms with Crippen LogP contribution < -0.4 is 10.6 Å². The first-order chi connectivity index (χ1) is 7.43. The number of nitrogens with one attached hydrogen (secondary N) is 2. The number of hydrogen-bond donors (Lipinski definition) is 2. The maximum atomic E-state index is 5.20. The number of ether oxygens (including phenoxy) is 1. The molecule has 0 saturated heterocycles. The Labute approximate surface area is 91.0 Å². The molecule has 0 amide bonds. The second-order valence-corrected chi connectivity index (χ2v) is 3.35. The number of methoxy groups -OCH3 is 1. The largest absolute Gasteiger partial charge is 0.468 e. The van der Waals surface area contributed by atoms with E-state index in [0.29, 0.717) is 0 Å². The molecule has 1 rings (SSSR count). The Hall–Kier alpha value is -0.840. The van der Waals surface area contributed by atoms with E-state index in [4.69, 9.17) is 9.15 Å². The highest BCUT2D eigenvalue weighted by Gasteiger charge is 1.93. The van der Waals surface area contributed by atoms with Crippen LogP contribution in [0.15, 0.2) is 22.8 Å². The summed E-state index contributed by atoms with van der Waals surface area (Å²) >= 11 is 0. The van der Waals surface area contributed by atoms with Crippen LogP contribution >= 0.6 is 0 Å². The summed E-state index contributed by atoms with van der Waals surface area (Å²) in [7, 11) is 1.71.